The monoisotopic (exact) mass is 300 g/mol. The van der Waals surface area contributed by atoms with Gasteiger partial charge in [0.25, 0.3) is 6.43 Å². The second-order valence-corrected chi connectivity index (χ2v) is 4.87. The molecule has 0 saturated heterocycles. The molecule has 0 bridgehead atoms. The Kier molecular flexibility index (Phi) is 5.00. The highest BCUT2D eigenvalue weighted by Gasteiger charge is 2.15. The molecule has 0 amide bonds. The number of aromatic nitrogens is 4. The maximum Gasteiger partial charge on any atom is 0.281 e. The highest BCUT2D eigenvalue weighted by molar-refractivity contribution is 6.30. The fraction of sp³-hybridized carbons (Fsp3) is 0.462. The number of hydrogen-bond donors (Lipinski definition) is 0. The lowest BCUT2D eigenvalue weighted by Crippen LogP contribution is -2.07. The van der Waals surface area contributed by atoms with Gasteiger partial charge in [-0.1, -0.05) is 24.9 Å². The zero-order valence-electron chi connectivity index (χ0n) is 11.1. The molecule has 2 aromatic rings. The van der Waals surface area contributed by atoms with Crippen LogP contribution in [-0.4, -0.2) is 19.5 Å². The van der Waals surface area contributed by atoms with Crippen molar-refractivity contribution < 1.29 is 8.78 Å². The molecule has 0 aromatic carbocycles. The molecule has 0 spiro atoms. The van der Waals surface area contributed by atoms with E-state index in [2.05, 4.69) is 15.0 Å². The average molecular weight is 301 g/mol. The Hall–Kier alpha value is -1.56. The Bertz CT molecular complexity index is 554. The molecule has 2 aromatic heterocycles. The molecule has 0 radical (unpaired) electrons. The zero-order valence-corrected chi connectivity index (χ0v) is 11.8. The summed E-state index contributed by atoms with van der Waals surface area (Å²) in [5, 5.41) is 0.443. The van der Waals surface area contributed by atoms with Crippen LogP contribution in [-0.2, 0) is 13.0 Å². The predicted octanol–water partition coefficient (Wildman–Crippen LogP) is 3.66. The summed E-state index contributed by atoms with van der Waals surface area (Å²) in [5.41, 5.74) is -0.204. The van der Waals surface area contributed by atoms with Gasteiger partial charge in [-0.05, 0) is 6.42 Å². The van der Waals surface area contributed by atoms with Gasteiger partial charge in [0, 0.05) is 25.0 Å². The van der Waals surface area contributed by atoms with E-state index in [-0.39, 0.29) is 5.69 Å². The highest BCUT2D eigenvalue weighted by Crippen LogP contribution is 2.19. The standard InChI is InChI=1S/C13H15ClF2N4/c1-2-3-4-12-19-10(13(15)16)7-20(12)8-11-17-5-9(14)6-18-11/h5-7,13H,2-4,8H2,1H3. The van der Waals surface area contributed by atoms with E-state index in [9.17, 15) is 8.78 Å². The summed E-state index contributed by atoms with van der Waals surface area (Å²) in [4.78, 5) is 12.1. The van der Waals surface area contributed by atoms with Crippen LogP contribution in [0.1, 0.15) is 43.5 Å². The number of aryl methyl sites for hydroxylation is 1. The Balaban J connectivity index is 2.21. The summed E-state index contributed by atoms with van der Waals surface area (Å²) in [5.74, 6) is 1.16. The lowest BCUT2D eigenvalue weighted by atomic mass is 10.2. The third kappa shape index (κ3) is 3.72. The summed E-state index contributed by atoms with van der Waals surface area (Å²) in [7, 11) is 0. The molecular formula is C13H15ClF2N4. The molecule has 0 aliphatic rings. The number of halogens is 3. The van der Waals surface area contributed by atoms with Gasteiger partial charge < -0.3 is 4.57 Å². The molecule has 108 valence electrons. The van der Waals surface area contributed by atoms with Crippen molar-refractivity contribution in [2.24, 2.45) is 0 Å². The lowest BCUT2D eigenvalue weighted by Gasteiger charge is -2.06. The second kappa shape index (κ2) is 6.74. The Labute approximate surface area is 120 Å². The van der Waals surface area contributed by atoms with Crippen LogP contribution < -0.4 is 0 Å². The van der Waals surface area contributed by atoms with Crippen molar-refractivity contribution in [2.45, 2.75) is 39.2 Å². The van der Waals surface area contributed by atoms with Gasteiger partial charge in [-0.3, -0.25) is 0 Å². The van der Waals surface area contributed by atoms with Gasteiger partial charge in [0.2, 0.25) is 0 Å². The lowest BCUT2D eigenvalue weighted by molar-refractivity contribution is 0.146. The van der Waals surface area contributed by atoms with Gasteiger partial charge in [0.05, 0.1) is 11.6 Å². The van der Waals surface area contributed by atoms with Crippen molar-refractivity contribution in [2.75, 3.05) is 0 Å². The first-order valence-corrected chi connectivity index (χ1v) is 6.78. The van der Waals surface area contributed by atoms with E-state index in [1.54, 1.807) is 4.57 Å². The minimum Gasteiger partial charge on any atom is -0.327 e. The van der Waals surface area contributed by atoms with Gasteiger partial charge in [-0.2, -0.15) is 0 Å². The maximum absolute atomic E-state index is 12.7. The van der Waals surface area contributed by atoms with Crippen molar-refractivity contribution in [3.63, 3.8) is 0 Å². The minimum atomic E-state index is -2.57. The van der Waals surface area contributed by atoms with Gasteiger partial charge in [0.15, 0.2) is 0 Å². The topological polar surface area (TPSA) is 43.6 Å². The number of alkyl halides is 2. The van der Waals surface area contributed by atoms with Crippen molar-refractivity contribution in [1.29, 1.82) is 0 Å². The van der Waals surface area contributed by atoms with Gasteiger partial charge >= 0.3 is 0 Å². The normalized spacial score (nSPS) is 11.2. The number of nitrogens with zero attached hydrogens (tertiary/aromatic N) is 4. The largest absolute Gasteiger partial charge is 0.327 e. The van der Waals surface area contributed by atoms with Crippen LogP contribution in [0.4, 0.5) is 8.78 Å². The number of unbranched alkanes of at least 4 members (excludes halogenated alkanes) is 1. The molecule has 2 rings (SSSR count). The Morgan fingerprint density at radius 2 is 2.00 bits per heavy atom. The van der Waals surface area contributed by atoms with Crippen molar-refractivity contribution in [3.05, 3.63) is 41.0 Å². The minimum absolute atomic E-state index is 0.204. The summed E-state index contributed by atoms with van der Waals surface area (Å²) in [6.07, 6.45) is 4.32. The predicted molar refractivity (Wildman–Crippen MR) is 71.9 cm³/mol. The molecule has 2 heterocycles. The number of hydrogen-bond acceptors (Lipinski definition) is 3. The van der Waals surface area contributed by atoms with Gasteiger partial charge in [-0.25, -0.2) is 23.7 Å². The Morgan fingerprint density at radius 3 is 2.60 bits per heavy atom. The van der Waals surface area contributed by atoms with E-state index in [0.29, 0.717) is 29.6 Å². The van der Waals surface area contributed by atoms with E-state index in [4.69, 9.17) is 11.6 Å². The maximum atomic E-state index is 12.7. The molecular weight excluding hydrogens is 286 g/mol. The fourth-order valence-electron chi connectivity index (χ4n) is 1.83. The van der Waals surface area contributed by atoms with Crippen LogP contribution in [0.2, 0.25) is 5.02 Å². The van der Waals surface area contributed by atoms with E-state index in [0.717, 1.165) is 12.8 Å². The number of rotatable bonds is 6. The Morgan fingerprint density at radius 1 is 1.30 bits per heavy atom. The third-order valence-electron chi connectivity index (χ3n) is 2.84. The molecule has 20 heavy (non-hydrogen) atoms. The molecule has 0 atom stereocenters. The molecule has 0 fully saturated rings. The average Bonchev–Trinajstić information content (AvgIpc) is 2.82. The van der Waals surface area contributed by atoms with E-state index >= 15 is 0 Å². The van der Waals surface area contributed by atoms with Crippen LogP contribution in [0.15, 0.2) is 18.6 Å². The number of imidazole rings is 1. The van der Waals surface area contributed by atoms with Crippen LogP contribution in [0, 0.1) is 0 Å². The first-order chi connectivity index (χ1) is 9.60. The smallest absolute Gasteiger partial charge is 0.281 e. The second-order valence-electron chi connectivity index (χ2n) is 4.43. The third-order valence-corrected chi connectivity index (χ3v) is 3.04. The SMILES string of the molecule is CCCCc1nc(C(F)F)cn1Cc1ncc(Cl)cn1. The van der Waals surface area contributed by atoms with E-state index in [1.165, 1.54) is 18.6 Å². The highest BCUT2D eigenvalue weighted by atomic mass is 35.5. The van der Waals surface area contributed by atoms with E-state index < -0.39 is 6.43 Å². The molecule has 0 unspecified atom stereocenters. The van der Waals surface area contributed by atoms with Gasteiger partial charge in [0.1, 0.15) is 17.3 Å². The molecule has 0 saturated carbocycles. The van der Waals surface area contributed by atoms with Crippen LogP contribution in [0.5, 0.6) is 0 Å². The molecule has 4 nitrogen and oxygen atoms in total. The summed E-state index contributed by atoms with van der Waals surface area (Å²) >= 11 is 5.72. The van der Waals surface area contributed by atoms with Crippen molar-refractivity contribution in [3.8, 4) is 0 Å². The molecule has 0 N–H and O–H groups in total. The molecule has 7 heteroatoms. The summed E-state index contributed by atoms with van der Waals surface area (Å²) in [6.45, 7) is 2.36. The van der Waals surface area contributed by atoms with E-state index in [1.807, 2.05) is 6.92 Å². The van der Waals surface area contributed by atoms with Crippen molar-refractivity contribution >= 4 is 11.6 Å². The first kappa shape index (κ1) is 14.8. The summed E-state index contributed by atoms with van der Waals surface area (Å²) in [6, 6.07) is 0. The first-order valence-electron chi connectivity index (χ1n) is 6.40. The van der Waals surface area contributed by atoms with Gasteiger partial charge in [-0.15, -0.1) is 0 Å². The van der Waals surface area contributed by atoms with Crippen LogP contribution in [0.25, 0.3) is 0 Å². The summed E-state index contributed by atoms with van der Waals surface area (Å²) < 4.78 is 27.2. The quantitative estimate of drug-likeness (QED) is 0.818. The zero-order chi connectivity index (χ0) is 14.5. The fourth-order valence-corrected chi connectivity index (χ4v) is 1.92. The van der Waals surface area contributed by atoms with Crippen LogP contribution in [0.3, 0.4) is 0 Å². The van der Waals surface area contributed by atoms with Crippen LogP contribution >= 0.6 is 11.6 Å². The molecule has 0 aliphatic heterocycles. The van der Waals surface area contributed by atoms with Crippen molar-refractivity contribution in [1.82, 2.24) is 19.5 Å². The molecule has 0 aliphatic carbocycles.